The summed E-state index contributed by atoms with van der Waals surface area (Å²) in [5.74, 6) is -0.0748. The summed E-state index contributed by atoms with van der Waals surface area (Å²) in [6.45, 7) is 4.17. The minimum absolute atomic E-state index is 0.0748. The molecule has 0 amide bonds. The van der Waals surface area contributed by atoms with Crippen LogP contribution in [0.3, 0.4) is 0 Å². The fourth-order valence-corrected chi connectivity index (χ4v) is 2.77. The summed E-state index contributed by atoms with van der Waals surface area (Å²) >= 11 is 3.47. The molecule has 0 N–H and O–H groups in total. The van der Waals surface area contributed by atoms with E-state index in [1.165, 1.54) is 16.7 Å². The second-order valence-corrected chi connectivity index (χ2v) is 6.19. The number of halogens is 1. The smallest absolute Gasteiger partial charge is 0.127 e. The summed E-state index contributed by atoms with van der Waals surface area (Å²) in [4.78, 5) is 11.4. The Morgan fingerprint density at radius 3 is 2.36 bits per heavy atom. The zero-order valence-corrected chi connectivity index (χ0v) is 15.2. The quantitative estimate of drug-likeness (QED) is 0.726. The van der Waals surface area contributed by atoms with Crippen LogP contribution in [-0.2, 0) is 16.0 Å². The molecule has 0 bridgehead atoms. The van der Waals surface area contributed by atoms with E-state index in [0.717, 1.165) is 22.7 Å². The van der Waals surface area contributed by atoms with E-state index in [4.69, 9.17) is 0 Å². The lowest BCUT2D eigenvalue weighted by Gasteiger charge is -2.15. The third kappa shape index (κ3) is 5.39. The first-order valence-corrected chi connectivity index (χ1v) is 7.98. The van der Waals surface area contributed by atoms with Gasteiger partial charge in [0.2, 0.25) is 0 Å². The first kappa shape index (κ1) is 18.6. The Kier molecular flexibility index (Phi) is 8.07. The maximum atomic E-state index is 11.4. The van der Waals surface area contributed by atoms with Gasteiger partial charge in [-0.2, -0.15) is 0 Å². The third-order valence-corrected chi connectivity index (χ3v) is 4.05. The van der Waals surface area contributed by atoms with E-state index >= 15 is 0 Å². The van der Waals surface area contributed by atoms with E-state index in [1.807, 2.05) is 18.2 Å². The number of ether oxygens (including phenoxy) is 1. The van der Waals surface area contributed by atoms with Gasteiger partial charge in [0.05, 0.1) is 0 Å². The normalized spacial score (nSPS) is 11.3. The highest BCUT2D eigenvalue weighted by atomic mass is 79.9. The van der Waals surface area contributed by atoms with Crippen molar-refractivity contribution in [3.8, 4) is 0 Å². The van der Waals surface area contributed by atoms with Crippen LogP contribution in [0.1, 0.15) is 28.2 Å². The lowest BCUT2D eigenvalue weighted by molar-refractivity contribution is -0.109. The molecule has 1 atom stereocenters. The van der Waals surface area contributed by atoms with Gasteiger partial charge >= 0.3 is 0 Å². The van der Waals surface area contributed by atoms with E-state index in [2.05, 4.69) is 58.8 Å². The van der Waals surface area contributed by atoms with E-state index in [0.29, 0.717) is 0 Å². The van der Waals surface area contributed by atoms with Gasteiger partial charge in [-0.1, -0.05) is 46.3 Å². The molecular formula is C19H23BrO2. The minimum Gasteiger partial charge on any atom is -0.388 e. The van der Waals surface area contributed by atoms with Crippen LogP contribution in [0.25, 0.3) is 0 Å². The fourth-order valence-electron chi connectivity index (χ4n) is 2.32. The molecule has 0 heterocycles. The largest absolute Gasteiger partial charge is 0.388 e. The highest BCUT2D eigenvalue weighted by molar-refractivity contribution is 9.10. The highest BCUT2D eigenvalue weighted by Gasteiger charge is 2.14. The standard InChI is InChI=1S/C17H17BrO.C2H6O/c1-12-5-3-8-17(13(12)2)15(11-19)9-14-6-4-7-16(18)10-14;1-3-2/h3-8,10-11,15H,9H2,1-2H3;1-2H3. The number of methoxy groups -OCH3 is 1. The van der Waals surface area contributed by atoms with Crippen LogP contribution in [0.2, 0.25) is 0 Å². The van der Waals surface area contributed by atoms with E-state index in [9.17, 15) is 4.79 Å². The average Bonchev–Trinajstić information content (AvgIpc) is 2.49. The van der Waals surface area contributed by atoms with Crippen molar-refractivity contribution >= 4 is 22.2 Å². The van der Waals surface area contributed by atoms with Crippen LogP contribution in [-0.4, -0.2) is 20.5 Å². The number of rotatable bonds is 4. The zero-order valence-electron chi connectivity index (χ0n) is 13.6. The molecule has 0 fully saturated rings. The molecule has 0 saturated heterocycles. The first-order chi connectivity index (χ1) is 10.5. The molecule has 22 heavy (non-hydrogen) atoms. The van der Waals surface area contributed by atoms with Crippen molar-refractivity contribution in [2.75, 3.05) is 14.2 Å². The Bertz CT molecular complexity index is 608. The molecule has 2 nitrogen and oxygen atoms in total. The van der Waals surface area contributed by atoms with Crippen LogP contribution >= 0.6 is 15.9 Å². The van der Waals surface area contributed by atoms with Gasteiger partial charge in [-0.15, -0.1) is 0 Å². The van der Waals surface area contributed by atoms with Gasteiger partial charge in [-0.25, -0.2) is 0 Å². The van der Waals surface area contributed by atoms with Crippen molar-refractivity contribution < 1.29 is 9.53 Å². The zero-order chi connectivity index (χ0) is 16.5. The molecule has 0 spiro atoms. The Hall–Kier alpha value is -1.45. The van der Waals surface area contributed by atoms with Gasteiger partial charge in [-0.3, -0.25) is 0 Å². The number of benzene rings is 2. The number of aldehydes is 1. The van der Waals surface area contributed by atoms with Crippen molar-refractivity contribution in [3.63, 3.8) is 0 Å². The van der Waals surface area contributed by atoms with Crippen molar-refractivity contribution in [1.29, 1.82) is 0 Å². The van der Waals surface area contributed by atoms with Crippen LogP contribution in [0.5, 0.6) is 0 Å². The molecule has 2 rings (SSSR count). The van der Waals surface area contributed by atoms with Crippen LogP contribution < -0.4 is 0 Å². The summed E-state index contributed by atoms with van der Waals surface area (Å²) < 4.78 is 5.30. The Labute approximate surface area is 141 Å². The number of carbonyl (C=O) groups excluding carboxylic acids is 1. The average molecular weight is 363 g/mol. The van der Waals surface area contributed by atoms with E-state index < -0.39 is 0 Å². The molecule has 0 aliphatic carbocycles. The number of hydrogen-bond donors (Lipinski definition) is 0. The van der Waals surface area contributed by atoms with Gasteiger partial charge in [-0.05, 0) is 54.7 Å². The third-order valence-electron chi connectivity index (χ3n) is 3.55. The van der Waals surface area contributed by atoms with Crippen LogP contribution in [0.15, 0.2) is 46.9 Å². The first-order valence-electron chi connectivity index (χ1n) is 7.19. The Morgan fingerprint density at radius 1 is 1.14 bits per heavy atom. The number of carbonyl (C=O) groups is 1. The summed E-state index contributed by atoms with van der Waals surface area (Å²) in [6.07, 6.45) is 1.80. The highest BCUT2D eigenvalue weighted by Crippen LogP contribution is 2.25. The summed E-state index contributed by atoms with van der Waals surface area (Å²) in [5, 5.41) is 0. The lowest BCUT2D eigenvalue weighted by atomic mass is 9.89. The molecule has 2 aromatic carbocycles. The second-order valence-electron chi connectivity index (χ2n) is 5.27. The lowest BCUT2D eigenvalue weighted by Crippen LogP contribution is -2.07. The van der Waals surface area contributed by atoms with Gasteiger partial charge in [0.15, 0.2) is 0 Å². The van der Waals surface area contributed by atoms with Crippen LogP contribution in [0.4, 0.5) is 0 Å². The Morgan fingerprint density at radius 2 is 1.77 bits per heavy atom. The van der Waals surface area contributed by atoms with Crippen molar-refractivity contribution in [2.45, 2.75) is 26.2 Å². The molecule has 0 radical (unpaired) electrons. The van der Waals surface area contributed by atoms with Gasteiger partial charge in [0, 0.05) is 24.6 Å². The number of hydrogen-bond acceptors (Lipinski definition) is 2. The maximum Gasteiger partial charge on any atom is 0.127 e. The van der Waals surface area contributed by atoms with Crippen molar-refractivity contribution in [1.82, 2.24) is 0 Å². The molecule has 0 aliphatic heterocycles. The summed E-state index contributed by atoms with van der Waals surface area (Å²) in [5.41, 5.74) is 4.76. The van der Waals surface area contributed by atoms with Crippen LogP contribution in [0, 0.1) is 13.8 Å². The molecule has 0 aliphatic rings. The van der Waals surface area contributed by atoms with Gasteiger partial charge < -0.3 is 9.53 Å². The van der Waals surface area contributed by atoms with Gasteiger partial charge in [0.1, 0.15) is 6.29 Å². The van der Waals surface area contributed by atoms with Crippen molar-refractivity contribution in [3.05, 3.63) is 69.2 Å². The fraction of sp³-hybridized carbons (Fsp3) is 0.316. The number of aryl methyl sites for hydroxylation is 1. The monoisotopic (exact) mass is 362 g/mol. The molecule has 1 unspecified atom stereocenters. The molecule has 3 heteroatoms. The predicted octanol–water partition coefficient (Wildman–Crippen LogP) is 4.85. The molecule has 0 saturated carbocycles. The van der Waals surface area contributed by atoms with Crippen molar-refractivity contribution in [2.24, 2.45) is 0 Å². The topological polar surface area (TPSA) is 26.3 Å². The predicted molar refractivity (Wildman–Crippen MR) is 95.5 cm³/mol. The molecule has 2 aromatic rings. The van der Waals surface area contributed by atoms with E-state index in [1.54, 1.807) is 14.2 Å². The maximum absolute atomic E-state index is 11.4. The molecule has 0 aromatic heterocycles. The summed E-state index contributed by atoms with van der Waals surface area (Å²) in [6, 6.07) is 14.3. The SMILES string of the molecule is COC.Cc1cccc(C(C=O)Cc2cccc(Br)c2)c1C. The van der Waals surface area contributed by atoms with Gasteiger partial charge in [0.25, 0.3) is 0 Å². The summed E-state index contributed by atoms with van der Waals surface area (Å²) in [7, 11) is 3.25. The second kappa shape index (κ2) is 9.54. The minimum atomic E-state index is -0.0748. The molecular weight excluding hydrogens is 340 g/mol. The molecule has 118 valence electrons. The van der Waals surface area contributed by atoms with E-state index in [-0.39, 0.29) is 5.92 Å². The Balaban J connectivity index is 0.000000745.